The lowest BCUT2D eigenvalue weighted by atomic mass is 9.98. The van der Waals surface area contributed by atoms with Crippen LogP contribution < -0.4 is 10.6 Å². The maximum Gasteiger partial charge on any atom is 0.156 e. The lowest BCUT2D eigenvalue weighted by molar-refractivity contribution is 0.112. The van der Waals surface area contributed by atoms with Crippen molar-refractivity contribution in [3.63, 3.8) is 0 Å². The standard InChI is InChI=1S/C25H28N4O/c26-23-12-7-14-27-25(23)29(18-8-17-28-15-5-6-16-28)24-13-4-3-11-22(24)21-10-2-1-9-20(21)19-30/h1-4,7,9-14,19H,5-6,8,15-18,26H2. The molecular weight excluding hydrogens is 372 g/mol. The molecule has 0 bridgehead atoms. The minimum absolute atomic E-state index is 0.650. The molecule has 5 heteroatoms. The average molecular weight is 401 g/mol. The van der Waals surface area contributed by atoms with E-state index in [-0.39, 0.29) is 0 Å². The second kappa shape index (κ2) is 9.55. The summed E-state index contributed by atoms with van der Waals surface area (Å²) in [5.74, 6) is 0.759. The number of rotatable bonds is 8. The van der Waals surface area contributed by atoms with Crippen molar-refractivity contribution in [3.05, 3.63) is 72.4 Å². The Hall–Kier alpha value is -3.18. The third-order valence-corrected chi connectivity index (χ3v) is 5.70. The maximum absolute atomic E-state index is 11.7. The molecule has 3 aromatic rings. The van der Waals surface area contributed by atoms with E-state index < -0.39 is 0 Å². The third kappa shape index (κ3) is 4.36. The Morgan fingerprint density at radius 1 is 0.967 bits per heavy atom. The highest BCUT2D eigenvalue weighted by molar-refractivity contribution is 5.93. The second-order valence-corrected chi connectivity index (χ2v) is 7.69. The van der Waals surface area contributed by atoms with E-state index in [1.54, 1.807) is 6.20 Å². The summed E-state index contributed by atoms with van der Waals surface area (Å²) in [6.07, 6.45) is 6.30. The first-order chi connectivity index (χ1) is 14.8. The molecule has 0 saturated carbocycles. The molecule has 0 radical (unpaired) electrons. The van der Waals surface area contributed by atoms with Crippen LogP contribution in [-0.4, -0.2) is 42.3 Å². The zero-order valence-corrected chi connectivity index (χ0v) is 17.2. The van der Waals surface area contributed by atoms with E-state index in [1.807, 2.05) is 48.5 Å². The van der Waals surface area contributed by atoms with Crippen LogP contribution in [-0.2, 0) is 0 Å². The number of hydrogen-bond acceptors (Lipinski definition) is 5. The number of pyridine rings is 1. The molecule has 0 spiro atoms. The summed E-state index contributed by atoms with van der Waals surface area (Å²) in [6.45, 7) is 4.25. The van der Waals surface area contributed by atoms with Gasteiger partial charge in [-0.15, -0.1) is 0 Å². The number of benzene rings is 2. The molecule has 2 N–H and O–H groups in total. The topological polar surface area (TPSA) is 62.5 Å². The number of likely N-dealkylation sites (tertiary alicyclic amines) is 1. The van der Waals surface area contributed by atoms with Gasteiger partial charge in [-0.3, -0.25) is 4.79 Å². The first-order valence-electron chi connectivity index (χ1n) is 10.6. The molecule has 2 heterocycles. The monoisotopic (exact) mass is 400 g/mol. The van der Waals surface area contributed by atoms with Gasteiger partial charge < -0.3 is 15.5 Å². The molecule has 0 unspecified atom stereocenters. The fourth-order valence-electron chi connectivity index (χ4n) is 4.22. The number of nitrogen functional groups attached to an aromatic ring is 1. The predicted molar refractivity (Wildman–Crippen MR) is 123 cm³/mol. The number of aromatic nitrogens is 1. The Morgan fingerprint density at radius 3 is 2.47 bits per heavy atom. The first-order valence-corrected chi connectivity index (χ1v) is 10.6. The molecule has 5 nitrogen and oxygen atoms in total. The van der Waals surface area contributed by atoms with Crippen molar-refractivity contribution in [2.75, 3.05) is 36.8 Å². The molecule has 154 valence electrons. The summed E-state index contributed by atoms with van der Waals surface area (Å²) < 4.78 is 0. The molecule has 1 fully saturated rings. The van der Waals surface area contributed by atoms with E-state index in [9.17, 15) is 4.79 Å². The lowest BCUT2D eigenvalue weighted by Crippen LogP contribution is -2.27. The third-order valence-electron chi connectivity index (χ3n) is 5.70. The summed E-state index contributed by atoms with van der Waals surface area (Å²) in [4.78, 5) is 21.0. The number of hydrogen-bond donors (Lipinski definition) is 1. The first kappa shape index (κ1) is 20.1. The number of carbonyl (C=O) groups is 1. The van der Waals surface area contributed by atoms with Crippen LogP contribution in [0.5, 0.6) is 0 Å². The van der Waals surface area contributed by atoms with Gasteiger partial charge >= 0.3 is 0 Å². The van der Waals surface area contributed by atoms with Crippen molar-refractivity contribution >= 4 is 23.5 Å². The summed E-state index contributed by atoms with van der Waals surface area (Å²) >= 11 is 0. The molecule has 1 aliphatic rings. The van der Waals surface area contributed by atoms with Crippen LogP contribution in [0, 0.1) is 0 Å². The van der Waals surface area contributed by atoms with Crippen LogP contribution >= 0.6 is 0 Å². The van der Waals surface area contributed by atoms with E-state index in [2.05, 4.69) is 26.9 Å². The zero-order chi connectivity index (χ0) is 20.8. The Balaban J connectivity index is 1.72. The molecule has 0 aliphatic carbocycles. The van der Waals surface area contributed by atoms with Crippen LogP contribution in [0.15, 0.2) is 66.9 Å². The van der Waals surface area contributed by atoms with Crippen molar-refractivity contribution in [2.24, 2.45) is 0 Å². The van der Waals surface area contributed by atoms with Gasteiger partial charge in [0.2, 0.25) is 0 Å². The van der Waals surface area contributed by atoms with Crippen molar-refractivity contribution in [1.82, 2.24) is 9.88 Å². The predicted octanol–water partition coefficient (Wildman–Crippen LogP) is 4.77. The highest BCUT2D eigenvalue weighted by Crippen LogP contribution is 2.37. The molecule has 1 aliphatic heterocycles. The minimum atomic E-state index is 0.650. The summed E-state index contributed by atoms with van der Waals surface area (Å²) in [5, 5.41) is 0. The Kier molecular flexibility index (Phi) is 6.40. The van der Waals surface area contributed by atoms with Crippen LogP contribution in [0.4, 0.5) is 17.2 Å². The number of aldehydes is 1. The van der Waals surface area contributed by atoms with Crippen molar-refractivity contribution in [3.8, 4) is 11.1 Å². The fraction of sp³-hybridized carbons (Fsp3) is 0.280. The second-order valence-electron chi connectivity index (χ2n) is 7.69. The van der Waals surface area contributed by atoms with Crippen LogP contribution in [0.1, 0.15) is 29.6 Å². The van der Waals surface area contributed by atoms with Crippen molar-refractivity contribution in [1.29, 1.82) is 0 Å². The number of nitrogens with zero attached hydrogens (tertiary/aromatic N) is 3. The van der Waals surface area contributed by atoms with Gasteiger partial charge in [-0.2, -0.15) is 0 Å². The SMILES string of the molecule is Nc1cccnc1N(CCCN1CCCC1)c1ccccc1-c1ccccc1C=O. The minimum Gasteiger partial charge on any atom is -0.396 e. The number of nitrogens with two attached hydrogens (primary N) is 1. The summed E-state index contributed by atoms with van der Waals surface area (Å²) in [6, 6.07) is 19.6. The number of para-hydroxylation sites is 1. The van der Waals surface area contributed by atoms with Gasteiger partial charge in [-0.1, -0.05) is 42.5 Å². The smallest absolute Gasteiger partial charge is 0.156 e. The Bertz CT molecular complexity index is 998. The zero-order valence-electron chi connectivity index (χ0n) is 17.2. The van der Waals surface area contributed by atoms with Gasteiger partial charge in [0, 0.05) is 23.9 Å². The molecule has 1 saturated heterocycles. The lowest BCUT2D eigenvalue weighted by Gasteiger charge is -2.28. The summed E-state index contributed by atoms with van der Waals surface area (Å²) in [5.41, 5.74) is 10.6. The maximum atomic E-state index is 11.7. The molecule has 30 heavy (non-hydrogen) atoms. The summed E-state index contributed by atoms with van der Waals surface area (Å²) in [7, 11) is 0. The normalized spacial score (nSPS) is 14.0. The Labute approximate surface area is 178 Å². The highest BCUT2D eigenvalue weighted by Gasteiger charge is 2.19. The van der Waals surface area contributed by atoms with Gasteiger partial charge in [0.1, 0.15) is 0 Å². The molecule has 0 amide bonds. The average Bonchev–Trinajstić information content (AvgIpc) is 3.31. The van der Waals surface area contributed by atoms with Gasteiger partial charge in [0.05, 0.1) is 11.4 Å². The van der Waals surface area contributed by atoms with Crippen LogP contribution in [0.2, 0.25) is 0 Å². The van der Waals surface area contributed by atoms with Crippen molar-refractivity contribution < 1.29 is 4.79 Å². The number of anilines is 3. The number of carbonyl (C=O) groups excluding carboxylic acids is 1. The fourth-order valence-corrected chi connectivity index (χ4v) is 4.22. The van der Waals surface area contributed by atoms with E-state index in [0.29, 0.717) is 11.3 Å². The molecule has 2 aromatic carbocycles. The van der Waals surface area contributed by atoms with Crippen LogP contribution in [0.25, 0.3) is 11.1 Å². The molecule has 1 aromatic heterocycles. The quantitative estimate of drug-likeness (QED) is 0.552. The van der Waals surface area contributed by atoms with Crippen molar-refractivity contribution in [2.45, 2.75) is 19.3 Å². The molecule has 0 atom stereocenters. The Morgan fingerprint density at radius 2 is 1.70 bits per heavy atom. The molecular formula is C25H28N4O. The van der Waals surface area contributed by atoms with E-state index in [0.717, 1.165) is 48.4 Å². The van der Waals surface area contributed by atoms with E-state index >= 15 is 0 Å². The van der Waals surface area contributed by atoms with E-state index in [4.69, 9.17) is 5.73 Å². The largest absolute Gasteiger partial charge is 0.396 e. The van der Waals surface area contributed by atoms with Crippen LogP contribution in [0.3, 0.4) is 0 Å². The highest BCUT2D eigenvalue weighted by atomic mass is 16.1. The van der Waals surface area contributed by atoms with Gasteiger partial charge in [0.25, 0.3) is 0 Å². The van der Waals surface area contributed by atoms with Gasteiger partial charge in [-0.25, -0.2) is 4.98 Å². The van der Waals surface area contributed by atoms with Gasteiger partial charge in [0.15, 0.2) is 12.1 Å². The van der Waals surface area contributed by atoms with Gasteiger partial charge in [-0.05, 0) is 62.7 Å². The molecule has 4 rings (SSSR count). The van der Waals surface area contributed by atoms with E-state index in [1.165, 1.54) is 25.9 Å².